The smallest absolute Gasteiger partial charge is 0.190 e. The van der Waals surface area contributed by atoms with E-state index in [9.17, 15) is 34.2 Å². The van der Waals surface area contributed by atoms with Gasteiger partial charge in [0.2, 0.25) is 0 Å². The highest BCUT2D eigenvalue weighted by atomic mass is 16.5. The Kier molecular flexibility index (Phi) is 7.60. The van der Waals surface area contributed by atoms with Crippen LogP contribution in [-0.2, 0) is 36.8 Å². The van der Waals surface area contributed by atoms with Gasteiger partial charge < -0.3 is 14.9 Å². The molecular weight excluding hydrogens is 560 g/mol. The van der Waals surface area contributed by atoms with Crippen LogP contribution in [0.5, 0.6) is 5.75 Å². The molecule has 2 N–H and O–H groups in total. The number of aromatic hydroxyl groups is 1. The Bertz CT molecular complexity index is 1650. The number of phenols is 1. The minimum Gasteiger partial charge on any atom is -0.507 e. The monoisotopic (exact) mass is 600 g/mol. The van der Waals surface area contributed by atoms with E-state index >= 15 is 0 Å². The third-order valence-electron chi connectivity index (χ3n) is 10.5. The number of hydrogen-bond acceptors (Lipinski definition) is 8. The van der Waals surface area contributed by atoms with E-state index in [-0.39, 0.29) is 24.2 Å². The number of aliphatic hydroxyl groups is 1. The van der Waals surface area contributed by atoms with Crippen molar-refractivity contribution in [3.05, 3.63) is 58.8 Å². The quantitative estimate of drug-likeness (QED) is 0.352. The fourth-order valence-electron chi connectivity index (χ4n) is 8.79. The number of methoxy groups -OCH3 is 1. The number of rotatable bonds is 6. The lowest BCUT2D eigenvalue weighted by Crippen LogP contribution is -2.76. The van der Waals surface area contributed by atoms with Crippen molar-refractivity contribution >= 4 is 35.0 Å². The summed E-state index contributed by atoms with van der Waals surface area (Å²) in [6.45, 7) is 10.1. The molecule has 0 heterocycles. The topological polar surface area (TPSA) is 135 Å². The fraction of sp³-hybridized carbons (Fsp3) is 0.472. The first-order valence-electron chi connectivity index (χ1n) is 15.2. The highest BCUT2D eigenvalue weighted by Gasteiger charge is 2.76. The molecule has 44 heavy (non-hydrogen) atoms. The number of carbonyl (C=O) groups is 5. The Labute approximate surface area is 257 Å². The molecule has 2 aromatic carbocycles. The minimum atomic E-state index is -2.71. The molecule has 3 aliphatic rings. The maximum absolute atomic E-state index is 14.5. The maximum Gasteiger partial charge on any atom is 0.190 e. The Morgan fingerprint density at radius 1 is 1.09 bits per heavy atom. The highest BCUT2D eigenvalue weighted by molar-refractivity contribution is 6.32. The normalized spacial score (nSPS) is 31.6. The van der Waals surface area contributed by atoms with Gasteiger partial charge >= 0.3 is 0 Å². The molecule has 232 valence electrons. The van der Waals surface area contributed by atoms with Crippen LogP contribution < -0.4 is 0 Å². The summed E-state index contributed by atoms with van der Waals surface area (Å²) in [5.74, 6) is -9.03. The van der Waals surface area contributed by atoms with Crippen LogP contribution in [0.15, 0.2) is 36.6 Å². The van der Waals surface area contributed by atoms with Crippen molar-refractivity contribution in [2.45, 2.75) is 66.4 Å². The summed E-state index contributed by atoms with van der Waals surface area (Å²) in [6.07, 6.45) is 4.43. The molecule has 2 fully saturated rings. The molecule has 0 amide bonds. The number of hydrogen-bond donors (Lipinski definition) is 2. The van der Waals surface area contributed by atoms with Gasteiger partial charge in [-0.3, -0.25) is 24.0 Å². The second-order valence-corrected chi connectivity index (χ2v) is 13.6. The molecule has 0 saturated heterocycles. The summed E-state index contributed by atoms with van der Waals surface area (Å²) in [5, 5.41) is 23.2. The molecule has 2 saturated carbocycles. The summed E-state index contributed by atoms with van der Waals surface area (Å²) in [6, 6.07) is 9.12. The number of Topliss-reactive ketones (excluding diaryl/α,β-unsaturated/α-hetero) is 5. The molecule has 3 unspecified atom stereocenters. The van der Waals surface area contributed by atoms with Crippen molar-refractivity contribution in [3.63, 3.8) is 0 Å². The van der Waals surface area contributed by atoms with E-state index in [1.807, 2.05) is 31.2 Å². The van der Waals surface area contributed by atoms with Crippen molar-refractivity contribution in [2.24, 2.45) is 34.5 Å². The molecule has 2 aromatic rings. The van der Waals surface area contributed by atoms with Gasteiger partial charge in [0, 0.05) is 11.3 Å². The molecular formula is C36H40O8. The predicted molar refractivity (Wildman–Crippen MR) is 164 cm³/mol. The van der Waals surface area contributed by atoms with Gasteiger partial charge in [-0.2, -0.15) is 0 Å². The molecule has 0 radical (unpaired) electrons. The number of phenolic OH excluding ortho intramolecular Hbond substituents is 1. The Morgan fingerprint density at radius 2 is 1.77 bits per heavy atom. The maximum atomic E-state index is 14.5. The van der Waals surface area contributed by atoms with Gasteiger partial charge in [0.15, 0.2) is 28.7 Å². The van der Waals surface area contributed by atoms with E-state index in [2.05, 4.69) is 0 Å². The summed E-state index contributed by atoms with van der Waals surface area (Å²) >= 11 is 0. The van der Waals surface area contributed by atoms with E-state index in [4.69, 9.17) is 4.74 Å². The summed E-state index contributed by atoms with van der Waals surface area (Å²) in [5.41, 5.74) is -1.26. The Morgan fingerprint density at radius 3 is 2.36 bits per heavy atom. The number of aryl methyl sites for hydroxylation is 1. The molecule has 6 atom stereocenters. The van der Waals surface area contributed by atoms with Gasteiger partial charge in [-0.1, -0.05) is 52.8 Å². The van der Waals surface area contributed by atoms with Crippen molar-refractivity contribution in [3.8, 4) is 16.9 Å². The first kappa shape index (κ1) is 31.5. The number of ketones is 5. The fourth-order valence-corrected chi connectivity index (χ4v) is 8.79. The van der Waals surface area contributed by atoms with E-state index in [1.165, 1.54) is 6.07 Å². The molecule has 0 bridgehead atoms. The van der Waals surface area contributed by atoms with Crippen molar-refractivity contribution in [1.29, 1.82) is 0 Å². The molecule has 0 aliphatic heterocycles. The first-order chi connectivity index (χ1) is 20.6. The zero-order valence-corrected chi connectivity index (χ0v) is 26.3. The number of benzene rings is 2. The molecule has 5 rings (SSSR count). The van der Waals surface area contributed by atoms with Crippen LogP contribution in [0, 0.1) is 34.5 Å². The van der Waals surface area contributed by atoms with Crippen LogP contribution >= 0.6 is 0 Å². The molecule has 8 heteroatoms. The zero-order chi connectivity index (χ0) is 32.5. The molecule has 3 aliphatic carbocycles. The summed E-state index contributed by atoms with van der Waals surface area (Å²) < 4.78 is 5.14. The minimum absolute atomic E-state index is 0.00866. The summed E-state index contributed by atoms with van der Waals surface area (Å²) in [4.78, 5) is 68.9. The second-order valence-electron chi connectivity index (χ2n) is 13.6. The molecule has 8 nitrogen and oxygen atoms in total. The van der Waals surface area contributed by atoms with Gasteiger partial charge in [-0.15, -0.1) is 0 Å². The summed E-state index contributed by atoms with van der Waals surface area (Å²) in [7, 11) is 1.57. The average Bonchev–Trinajstić information content (AvgIpc) is 2.93. The zero-order valence-electron chi connectivity index (χ0n) is 26.3. The SMILES string of the molecule is CCc1ccc(-c2ccc(O)c3c2C[C@]2(C)C[C@]4(C)C(C(C)C)C(=O)C(C(C)=O)C(=O)[C@]4(O)C(=O)C2C3=O)cc1/C=C/OC. The van der Waals surface area contributed by atoms with E-state index in [1.54, 1.807) is 47.1 Å². The van der Waals surface area contributed by atoms with Crippen LogP contribution in [0.3, 0.4) is 0 Å². The Balaban J connectivity index is 1.72. The van der Waals surface area contributed by atoms with Crippen LogP contribution in [0.2, 0.25) is 0 Å². The van der Waals surface area contributed by atoms with E-state index in [0.717, 1.165) is 30.0 Å². The highest BCUT2D eigenvalue weighted by Crippen LogP contribution is 2.64. The second kappa shape index (κ2) is 10.6. The van der Waals surface area contributed by atoms with Gasteiger partial charge in [0.05, 0.1) is 24.9 Å². The van der Waals surface area contributed by atoms with Gasteiger partial charge in [-0.05, 0) is 83.5 Å². The van der Waals surface area contributed by atoms with Crippen LogP contribution in [-0.4, -0.2) is 51.8 Å². The largest absolute Gasteiger partial charge is 0.507 e. The van der Waals surface area contributed by atoms with Gasteiger partial charge in [-0.25, -0.2) is 0 Å². The molecule has 0 aromatic heterocycles. The van der Waals surface area contributed by atoms with Crippen molar-refractivity contribution in [2.75, 3.05) is 7.11 Å². The first-order valence-corrected chi connectivity index (χ1v) is 15.2. The lowest BCUT2D eigenvalue weighted by atomic mass is 9.40. The predicted octanol–water partition coefficient (Wildman–Crippen LogP) is 4.94. The third kappa shape index (κ3) is 4.17. The molecule has 0 spiro atoms. The van der Waals surface area contributed by atoms with Crippen molar-refractivity contribution < 1.29 is 38.9 Å². The van der Waals surface area contributed by atoms with Gasteiger partial charge in [0.25, 0.3) is 0 Å². The van der Waals surface area contributed by atoms with E-state index < -0.39 is 69.0 Å². The number of fused-ring (bicyclic) bond motifs is 3. The third-order valence-corrected chi connectivity index (χ3v) is 10.5. The number of carbonyl (C=O) groups excluding carboxylic acids is 5. The Hall–Kier alpha value is -3.91. The standard InChI is InChI=1S/C36H40O8/c1-8-20-9-10-22(15-21(20)13-14-44-7)23-11-12-25(38)27-24(23)16-34(5)17-35(6)28(18(2)3)30(39)26(19(4)37)32(41)36(35,43)33(42)29(34)31(27)40/h9-15,18,26,28-29,38,43H,8,16-17H2,1-7H3/b14-13+/t26?,28?,29?,34-,35-,36+/m1/s1. The van der Waals surface area contributed by atoms with Crippen LogP contribution in [0.25, 0.3) is 17.2 Å². The van der Waals surface area contributed by atoms with Crippen LogP contribution in [0.4, 0.5) is 0 Å². The van der Waals surface area contributed by atoms with Crippen molar-refractivity contribution in [1.82, 2.24) is 0 Å². The van der Waals surface area contributed by atoms with E-state index in [0.29, 0.717) is 11.1 Å². The average molecular weight is 601 g/mol. The number of ether oxygens (including phenoxy) is 1. The van der Waals surface area contributed by atoms with Crippen LogP contribution in [0.1, 0.15) is 75.0 Å². The lowest BCUT2D eigenvalue weighted by Gasteiger charge is -2.61. The van der Waals surface area contributed by atoms with Gasteiger partial charge in [0.1, 0.15) is 17.5 Å². The lowest BCUT2D eigenvalue weighted by molar-refractivity contribution is -0.205.